The lowest BCUT2D eigenvalue weighted by Crippen LogP contribution is -2.53. The van der Waals surface area contributed by atoms with E-state index in [0.29, 0.717) is 32.8 Å². The molecule has 176 valence electrons. The Kier molecular flexibility index (Phi) is 7.75. The predicted molar refractivity (Wildman–Crippen MR) is 129 cm³/mol. The van der Waals surface area contributed by atoms with Crippen LogP contribution in [-0.2, 0) is 14.3 Å². The Morgan fingerprint density at radius 3 is 2.15 bits per heavy atom. The molecule has 0 bridgehead atoms. The number of hydrogen-bond donors (Lipinski definition) is 1. The number of hydrogen-bond acceptors (Lipinski definition) is 5. The van der Waals surface area contributed by atoms with Crippen LogP contribution in [0.5, 0.6) is 0 Å². The first-order valence-electron chi connectivity index (χ1n) is 11.8. The van der Waals surface area contributed by atoms with Gasteiger partial charge in [-0.2, -0.15) is 0 Å². The quantitative estimate of drug-likeness (QED) is 0.733. The van der Waals surface area contributed by atoms with Gasteiger partial charge in [0.2, 0.25) is 11.8 Å². The highest BCUT2D eigenvalue weighted by Gasteiger charge is 2.34. The van der Waals surface area contributed by atoms with Crippen molar-refractivity contribution >= 4 is 17.5 Å². The van der Waals surface area contributed by atoms with Gasteiger partial charge in [0.25, 0.3) is 0 Å². The third-order valence-electron chi connectivity index (χ3n) is 6.56. The van der Waals surface area contributed by atoms with Crippen molar-refractivity contribution < 1.29 is 14.3 Å². The first-order chi connectivity index (χ1) is 16.0. The van der Waals surface area contributed by atoms with Gasteiger partial charge in [-0.25, -0.2) is 0 Å². The minimum Gasteiger partial charge on any atom is -0.378 e. The number of aryl methyl sites for hydroxylation is 2. The van der Waals surface area contributed by atoms with Crippen LogP contribution in [0.4, 0.5) is 5.69 Å². The van der Waals surface area contributed by atoms with Crippen LogP contribution in [0.3, 0.4) is 0 Å². The van der Waals surface area contributed by atoms with E-state index in [1.54, 1.807) is 0 Å². The van der Waals surface area contributed by atoms with E-state index in [4.69, 9.17) is 4.74 Å². The summed E-state index contributed by atoms with van der Waals surface area (Å²) in [5.41, 5.74) is 4.07. The number of morpholine rings is 1. The van der Waals surface area contributed by atoms with E-state index < -0.39 is 0 Å². The molecular formula is C26H34N4O3. The van der Waals surface area contributed by atoms with Crippen LogP contribution in [0.1, 0.15) is 22.7 Å². The first kappa shape index (κ1) is 23.4. The van der Waals surface area contributed by atoms with E-state index in [1.807, 2.05) is 67.3 Å². The molecule has 33 heavy (non-hydrogen) atoms. The van der Waals surface area contributed by atoms with Gasteiger partial charge in [0.05, 0.1) is 19.8 Å². The average Bonchev–Trinajstić information content (AvgIpc) is 2.84. The van der Waals surface area contributed by atoms with Crippen molar-refractivity contribution in [1.29, 1.82) is 0 Å². The van der Waals surface area contributed by atoms with Gasteiger partial charge in [0.15, 0.2) is 0 Å². The average molecular weight is 451 g/mol. The lowest BCUT2D eigenvalue weighted by atomic mass is 10.0. The van der Waals surface area contributed by atoms with Gasteiger partial charge in [-0.3, -0.25) is 19.4 Å². The lowest BCUT2D eigenvalue weighted by molar-refractivity contribution is -0.142. The van der Waals surface area contributed by atoms with Gasteiger partial charge in [-0.1, -0.05) is 48.5 Å². The van der Waals surface area contributed by atoms with Crippen LogP contribution in [0, 0.1) is 13.8 Å². The summed E-state index contributed by atoms with van der Waals surface area (Å²) in [4.78, 5) is 32.5. The van der Waals surface area contributed by atoms with Crippen molar-refractivity contribution in [3.8, 4) is 0 Å². The number of nitrogens with one attached hydrogen (secondary N) is 1. The second kappa shape index (κ2) is 10.9. The highest BCUT2D eigenvalue weighted by Crippen LogP contribution is 2.25. The molecule has 0 spiro atoms. The van der Waals surface area contributed by atoms with E-state index >= 15 is 0 Å². The molecule has 2 saturated heterocycles. The normalized spacial score (nSPS) is 18.7. The van der Waals surface area contributed by atoms with Crippen molar-refractivity contribution in [2.45, 2.75) is 19.9 Å². The zero-order chi connectivity index (χ0) is 23.2. The van der Waals surface area contributed by atoms with Crippen molar-refractivity contribution in [3.63, 3.8) is 0 Å². The van der Waals surface area contributed by atoms with Crippen LogP contribution in [0.2, 0.25) is 0 Å². The maximum absolute atomic E-state index is 13.5. The topological polar surface area (TPSA) is 65.1 Å². The number of amides is 2. The molecule has 1 N–H and O–H groups in total. The summed E-state index contributed by atoms with van der Waals surface area (Å²) in [6.07, 6.45) is 0. The molecule has 0 aliphatic carbocycles. The number of ether oxygens (including phenoxy) is 1. The second-order valence-corrected chi connectivity index (χ2v) is 8.88. The predicted octanol–water partition coefficient (Wildman–Crippen LogP) is 2.46. The van der Waals surface area contributed by atoms with Crippen molar-refractivity contribution in [1.82, 2.24) is 14.7 Å². The van der Waals surface area contributed by atoms with Crippen LogP contribution in [0.15, 0.2) is 48.5 Å². The van der Waals surface area contributed by atoms with E-state index in [-0.39, 0.29) is 17.9 Å². The number of carbonyl (C=O) groups excluding carboxylic acids is 2. The zero-order valence-electron chi connectivity index (χ0n) is 19.6. The summed E-state index contributed by atoms with van der Waals surface area (Å²) in [5.74, 6) is 0.149. The maximum atomic E-state index is 13.5. The minimum atomic E-state index is -0.296. The second-order valence-electron chi connectivity index (χ2n) is 8.88. The van der Waals surface area contributed by atoms with E-state index in [9.17, 15) is 9.59 Å². The number of piperazine rings is 1. The fraction of sp³-hybridized carbons (Fsp3) is 0.462. The van der Waals surface area contributed by atoms with Crippen LogP contribution >= 0.6 is 0 Å². The summed E-state index contributed by atoms with van der Waals surface area (Å²) < 4.78 is 5.44. The molecule has 4 rings (SSSR count). The fourth-order valence-corrected chi connectivity index (χ4v) is 4.67. The number of para-hydroxylation sites is 1. The number of nitrogens with zero attached hydrogens (tertiary/aromatic N) is 3. The van der Waals surface area contributed by atoms with Gasteiger partial charge in [-0.15, -0.1) is 0 Å². The molecule has 0 unspecified atom stereocenters. The van der Waals surface area contributed by atoms with Gasteiger partial charge in [0.1, 0.15) is 6.04 Å². The van der Waals surface area contributed by atoms with Gasteiger partial charge < -0.3 is 15.0 Å². The van der Waals surface area contributed by atoms with Crippen molar-refractivity contribution in [3.05, 3.63) is 65.2 Å². The molecule has 0 radical (unpaired) electrons. The molecule has 2 amide bonds. The molecule has 2 aromatic carbocycles. The van der Waals surface area contributed by atoms with E-state index in [2.05, 4.69) is 15.1 Å². The van der Waals surface area contributed by atoms with Gasteiger partial charge in [0, 0.05) is 45.0 Å². The molecule has 2 fully saturated rings. The lowest BCUT2D eigenvalue weighted by Gasteiger charge is -2.40. The van der Waals surface area contributed by atoms with Crippen molar-refractivity contribution in [2.75, 3.05) is 64.3 Å². The monoisotopic (exact) mass is 450 g/mol. The summed E-state index contributed by atoms with van der Waals surface area (Å²) in [7, 11) is 0. The molecule has 2 aliphatic heterocycles. The summed E-state index contributed by atoms with van der Waals surface area (Å²) in [6.45, 7) is 9.83. The first-order valence-corrected chi connectivity index (χ1v) is 11.8. The molecule has 2 aliphatic rings. The Hall–Kier alpha value is -2.74. The molecule has 0 saturated carbocycles. The summed E-state index contributed by atoms with van der Waals surface area (Å²) >= 11 is 0. The summed E-state index contributed by atoms with van der Waals surface area (Å²) in [5, 5.41) is 3.08. The largest absolute Gasteiger partial charge is 0.378 e. The Morgan fingerprint density at radius 2 is 1.52 bits per heavy atom. The zero-order valence-corrected chi connectivity index (χ0v) is 19.6. The van der Waals surface area contributed by atoms with Crippen molar-refractivity contribution in [2.24, 2.45) is 0 Å². The third-order valence-corrected chi connectivity index (χ3v) is 6.56. The Labute approximate surface area is 196 Å². The van der Waals surface area contributed by atoms with E-state index in [0.717, 1.165) is 48.6 Å². The number of carbonyl (C=O) groups is 2. The number of rotatable bonds is 6. The van der Waals surface area contributed by atoms with Crippen LogP contribution < -0.4 is 5.32 Å². The Balaban J connectivity index is 1.38. The SMILES string of the molecule is Cc1cccc(C)c1NC(=O)CN1CCN([C@H](C(=O)N2CCOCC2)c2ccccc2)CC1. The molecule has 2 heterocycles. The van der Waals surface area contributed by atoms with Gasteiger partial charge >= 0.3 is 0 Å². The molecule has 1 atom stereocenters. The highest BCUT2D eigenvalue weighted by atomic mass is 16.5. The molecule has 2 aromatic rings. The highest BCUT2D eigenvalue weighted by molar-refractivity contribution is 5.93. The number of anilines is 1. The number of benzene rings is 2. The Morgan fingerprint density at radius 1 is 0.879 bits per heavy atom. The van der Waals surface area contributed by atoms with Crippen LogP contribution in [-0.4, -0.2) is 85.5 Å². The smallest absolute Gasteiger partial charge is 0.244 e. The molecular weight excluding hydrogens is 416 g/mol. The maximum Gasteiger partial charge on any atom is 0.244 e. The van der Waals surface area contributed by atoms with Crippen LogP contribution in [0.25, 0.3) is 0 Å². The summed E-state index contributed by atoms with van der Waals surface area (Å²) in [6, 6.07) is 15.8. The fourth-order valence-electron chi connectivity index (χ4n) is 4.67. The molecule has 7 nitrogen and oxygen atoms in total. The molecule has 0 aromatic heterocycles. The minimum absolute atomic E-state index is 0.00449. The third kappa shape index (κ3) is 5.79. The molecule has 7 heteroatoms. The standard InChI is InChI=1S/C26H34N4O3/c1-20-7-6-8-21(2)24(20)27-23(31)19-28-11-13-29(14-12-28)25(22-9-4-3-5-10-22)26(32)30-15-17-33-18-16-30/h3-10,25H,11-19H2,1-2H3,(H,27,31)/t25-/m0/s1. The Bertz CT molecular complexity index is 931. The van der Waals surface area contributed by atoms with E-state index in [1.165, 1.54) is 0 Å². The van der Waals surface area contributed by atoms with Gasteiger partial charge in [-0.05, 0) is 30.5 Å².